The number of aromatic nitrogens is 1. The van der Waals surface area contributed by atoms with Crippen LogP contribution in [0.5, 0.6) is 0 Å². The Hall–Kier alpha value is -1.10. The summed E-state index contributed by atoms with van der Waals surface area (Å²) in [6, 6.07) is 2.96. The summed E-state index contributed by atoms with van der Waals surface area (Å²) < 4.78 is 37.9. The van der Waals surface area contributed by atoms with Gasteiger partial charge in [-0.25, -0.2) is 0 Å². The number of pyridine rings is 1. The van der Waals surface area contributed by atoms with Crippen molar-refractivity contribution >= 4 is 0 Å². The maximum absolute atomic E-state index is 12.6. The molecule has 16 heavy (non-hydrogen) atoms. The summed E-state index contributed by atoms with van der Waals surface area (Å²) in [5.41, 5.74) is 4.54. The van der Waals surface area contributed by atoms with Crippen LogP contribution in [0.3, 0.4) is 0 Å². The predicted octanol–water partition coefficient (Wildman–Crippen LogP) is 2.63. The van der Waals surface area contributed by atoms with E-state index in [4.69, 9.17) is 5.73 Å². The fourth-order valence-electron chi connectivity index (χ4n) is 1.42. The lowest BCUT2D eigenvalue weighted by molar-refractivity contribution is -0.142. The molecule has 90 valence electrons. The first kappa shape index (κ1) is 13.0. The van der Waals surface area contributed by atoms with E-state index in [1.54, 1.807) is 0 Å². The van der Waals surface area contributed by atoms with Crippen molar-refractivity contribution in [3.05, 3.63) is 29.6 Å². The highest BCUT2D eigenvalue weighted by Gasteiger charge is 2.36. The Kier molecular flexibility index (Phi) is 3.57. The van der Waals surface area contributed by atoms with Crippen LogP contribution in [0.1, 0.15) is 25.1 Å². The average Bonchev–Trinajstić information content (AvgIpc) is 2.16. The second-order valence-corrected chi connectivity index (χ2v) is 4.55. The topological polar surface area (TPSA) is 38.9 Å². The summed E-state index contributed by atoms with van der Waals surface area (Å²) in [6.07, 6.45) is -2.98. The molecular formula is C11H15F3N2. The molecule has 0 aromatic carbocycles. The standard InChI is InChI=1S/C11H15F3N2/c1-10(2,7-15)6-8-4-3-5-16-9(8)11(12,13)14/h3-5H,6-7,15H2,1-2H3. The maximum atomic E-state index is 12.6. The van der Waals surface area contributed by atoms with Crippen LogP contribution in [0.4, 0.5) is 13.2 Å². The molecule has 0 fully saturated rings. The minimum absolute atomic E-state index is 0.199. The molecule has 1 aromatic heterocycles. The lowest BCUT2D eigenvalue weighted by atomic mass is 9.85. The van der Waals surface area contributed by atoms with Crippen LogP contribution < -0.4 is 5.73 Å². The van der Waals surface area contributed by atoms with Crippen molar-refractivity contribution in [2.75, 3.05) is 6.54 Å². The predicted molar refractivity (Wildman–Crippen MR) is 55.8 cm³/mol. The van der Waals surface area contributed by atoms with Crippen LogP contribution in [0.25, 0.3) is 0 Å². The van der Waals surface area contributed by atoms with Crippen molar-refractivity contribution in [2.24, 2.45) is 11.1 Å². The van der Waals surface area contributed by atoms with Gasteiger partial charge in [0.25, 0.3) is 0 Å². The van der Waals surface area contributed by atoms with Crippen molar-refractivity contribution < 1.29 is 13.2 Å². The monoisotopic (exact) mass is 232 g/mol. The van der Waals surface area contributed by atoms with E-state index < -0.39 is 11.9 Å². The molecule has 1 heterocycles. The van der Waals surface area contributed by atoms with Crippen LogP contribution in [0, 0.1) is 5.41 Å². The Labute approximate surface area is 92.7 Å². The third-order valence-electron chi connectivity index (χ3n) is 2.38. The number of alkyl halides is 3. The fourth-order valence-corrected chi connectivity index (χ4v) is 1.42. The zero-order chi connectivity index (χ0) is 12.4. The van der Waals surface area contributed by atoms with Crippen LogP contribution >= 0.6 is 0 Å². The minimum atomic E-state index is -4.40. The Morgan fingerprint density at radius 1 is 1.31 bits per heavy atom. The maximum Gasteiger partial charge on any atom is 0.433 e. The highest BCUT2D eigenvalue weighted by atomic mass is 19.4. The Morgan fingerprint density at radius 2 is 1.94 bits per heavy atom. The quantitative estimate of drug-likeness (QED) is 0.870. The first-order valence-corrected chi connectivity index (χ1v) is 4.97. The van der Waals surface area contributed by atoms with E-state index in [1.807, 2.05) is 13.8 Å². The van der Waals surface area contributed by atoms with Gasteiger partial charge in [0.1, 0.15) is 5.69 Å². The highest BCUT2D eigenvalue weighted by Crippen LogP contribution is 2.32. The molecule has 0 atom stereocenters. The van der Waals surface area contributed by atoms with Crippen molar-refractivity contribution in [2.45, 2.75) is 26.4 Å². The molecule has 0 radical (unpaired) electrons. The number of nitrogens with zero attached hydrogens (tertiary/aromatic N) is 1. The first-order valence-electron chi connectivity index (χ1n) is 4.97. The van der Waals surface area contributed by atoms with Gasteiger partial charge in [-0.05, 0) is 30.0 Å². The molecule has 0 saturated carbocycles. The molecule has 0 aliphatic heterocycles. The van der Waals surface area contributed by atoms with Gasteiger partial charge >= 0.3 is 6.18 Å². The van der Waals surface area contributed by atoms with E-state index in [2.05, 4.69) is 4.98 Å². The lowest BCUT2D eigenvalue weighted by Gasteiger charge is -2.23. The van der Waals surface area contributed by atoms with Gasteiger partial charge in [-0.2, -0.15) is 13.2 Å². The number of hydrogen-bond donors (Lipinski definition) is 1. The molecule has 0 aliphatic rings. The molecule has 1 aromatic rings. The van der Waals surface area contributed by atoms with E-state index in [-0.39, 0.29) is 17.4 Å². The van der Waals surface area contributed by atoms with E-state index in [9.17, 15) is 13.2 Å². The molecule has 2 nitrogen and oxygen atoms in total. The second kappa shape index (κ2) is 4.41. The largest absolute Gasteiger partial charge is 0.433 e. The van der Waals surface area contributed by atoms with Crippen LogP contribution in [-0.2, 0) is 12.6 Å². The number of rotatable bonds is 3. The van der Waals surface area contributed by atoms with Gasteiger partial charge in [-0.15, -0.1) is 0 Å². The van der Waals surface area contributed by atoms with Crippen molar-refractivity contribution in [3.8, 4) is 0 Å². The van der Waals surface area contributed by atoms with Gasteiger partial charge < -0.3 is 5.73 Å². The van der Waals surface area contributed by atoms with Crippen molar-refractivity contribution in [1.82, 2.24) is 4.98 Å². The summed E-state index contributed by atoms with van der Waals surface area (Å²) in [5.74, 6) is 0. The average molecular weight is 232 g/mol. The minimum Gasteiger partial charge on any atom is -0.330 e. The van der Waals surface area contributed by atoms with Gasteiger partial charge in [0.2, 0.25) is 0 Å². The number of halogens is 3. The highest BCUT2D eigenvalue weighted by molar-refractivity contribution is 5.23. The summed E-state index contributed by atoms with van der Waals surface area (Å²) >= 11 is 0. The molecule has 2 N–H and O–H groups in total. The summed E-state index contributed by atoms with van der Waals surface area (Å²) in [6.45, 7) is 4.00. The van der Waals surface area contributed by atoms with Crippen LogP contribution in [0.15, 0.2) is 18.3 Å². The van der Waals surface area contributed by atoms with Gasteiger partial charge in [-0.1, -0.05) is 19.9 Å². The molecular weight excluding hydrogens is 217 g/mol. The molecule has 0 aliphatic carbocycles. The van der Waals surface area contributed by atoms with Crippen LogP contribution in [0.2, 0.25) is 0 Å². The summed E-state index contributed by atoms with van der Waals surface area (Å²) in [5, 5.41) is 0. The zero-order valence-corrected chi connectivity index (χ0v) is 9.30. The molecule has 0 saturated heterocycles. The molecule has 0 amide bonds. The van der Waals surface area contributed by atoms with Gasteiger partial charge in [0, 0.05) is 6.20 Å². The van der Waals surface area contributed by atoms with Gasteiger partial charge in [0.05, 0.1) is 0 Å². The van der Waals surface area contributed by atoms with Gasteiger partial charge in [-0.3, -0.25) is 4.98 Å². The first-order chi connectivity index (χ1) is 7.26. The summed E-state index contributed by atoms with van der Waals surface area (Å²) in [7, 11) is 0. The van der Waals surface area contributed by atoms with Crippen molar-refractivity contribution in [3.63, 3.8) is 0 Å². The second-order valence-electron chi connectivity index (χ2n) is 4.55. The molecule has 5 heteroatoms. The smallest absolute Gasteiger partial charge is 0.330 e. The Balaban J connectivity index is 3.06. The third-order valence-corrected chi connectivity index (χ3v) is 2.38. The fraction of sp³-hybridized carbons (Fsp3) is 0.545. The van der Waals surface area contributed by atoms with E-state index in [1.165, 1.54) is 12.1 Å². The molecule has 0 unspecified atom stereocenters. The third kappa shape index (κ3) is 3.20. The van der Waals surface area contributed by atoms with E-state index in [0.717, 1.165) is 6.20 Å². The lowest BCUT2D eigenvalue weighted by Crippen LogP contribution is -2.27. The number of hydrogen-bond acceptors (Lipinski definition) is 2. The molecule has 0 bridgehead atoms. The normalized spacial score (nSPS) is 12.9. The molecule has 0 spiro atoms. The van der Waals surface area contributed by atoms with Crippen molar-refractivity contribution in [1.29, 1.82) is 0 Å². The number of nitrogens with two attached hydrogens (primary N) is 1. The van der Waals surface area contributed by atoms with Gasteiger partial charge in [0.15, 0.2) is 0 Å². The van der Waals surface area contributed by atoms with Crippen LogP contribution in [-0.4, -0.2) is 11.5 Å². The Morgan fingerprint density at radius 3 is 2.44 bits per heavy atom. The van der Waals surface area contributed by atoms with E-state index in [0.29, 0.717) is 6.54 Å². The zero-order valence-electron chi connectivity index (χ0n) is 9.30. The molecule has 1 rings (SSSR count). The van der Waals surface area contributed by atoms with E-state index >= 15 is 0 Å². The summed E-state index contributed by atoms with van der Waals surface area (Å²) in [4.78, 5) is 3.40. The Bertz CT molecular complexity index is 358. The SMILES string of the molecule is CC(C)(CN)Cc1cccnc1C(F)(F)F.